The molecule has 160 valence electrons. The van der Waals surface area contributed by atoms with Crippen molar-refractivity contribution >= 4 is 5.97 Å². The van der Waals surface area contributed by atoms with Crippen LogP contribution in [-0.2, 0) is 20.9 Å². The lowest BCUT2D eigenvalue weighted by Gasteiger charge is -2.23. The molecule has 0 aromatic heterocycles. The number of aliphatic hydroxyl groups excluding tert-OH is 2. The number of ether oxygens (including phenoxy) is 2. The average Bonchev–Trinajstić information content (AvgIpc) is 2.71. The first-order chi connectivity index (χ1) is 13.6. The Morgan fingerprint density at radius 1 is 0.964 bits per heavy atom. The maximum atomic E-state index is 11.7. The van der Waals surface area contributed by atoms with E-state index in [1.807, 2.05) is 30.3 Å². The van der Waals surface area contributed by atoms with Gasteiger partial charge in [-0.05, 0) is 18.9 Å². The van der Waals surface area contributed by atoms with Crippen LogP contribution in [0.15, 0.2) is 30.3 Å². The molecule has 5 heteroatoms. The van der Waals surface area contributed by atoms with Crippen LogP contribution in [0, 0.1) is 0 Å². The van der Waals surface area contributed by atoms with Gasteiger partial charge in [0.2, 0.25) is 0 Å². The fourth-order valence-corrected chi connectivity index (χ4v) is 3.17. The summed E-state index contributed by atoms with van der Waals surface area (Å²) < 4.78 is 10.8. The Bertz CT molecular complexity index is 505. The second-order valence-corrected chi connectivity index (χ2v) is 7.33. The number of aliphatic hydroxyl groups is 2. The molecular formula is C23H38O5. The lowest BCUT2D eigenvalue weighted by molar-refractivity contribution is -0.160. The highest BCUT2D eigenvalue weighted by Crippen LogP contribution is 2.18. The van der Waals surface area contributed by atoms with Crippen LogP contribution in [0.25, 0.3) is 0 Å². The van der Waals surface area contributed by atoms with Crippen LogP contribution in [0.5, 0.6) is 0 Å². The standard InChI is InChI=1S/C23H38O5/c1-3-5-6-7-8-9-13-16-20(28-18-19-14-11-10-12-15-19)17-21(24)22(25)23(26)27-4-2/h10-12,14-15,20-22,24-25H,3-9,13,16-18H2,1-2H3/t20-,21+,22-/m0/s1. The van der Waals surface area contributed by atoms with Crippen LogP contribution < -0.4 is 0 Å². The van der Waals surface area contributed by atoms with Gasteiger partial charge in [-0.2, -0.15) is 0 Å². The molecule has 0 fully saturated rings. The van der Waals surface area contributed by atoms with E-state index in [-0.39, 0.29) is 19.1 Å². The van der Waals surface area contributed by atoms with Gasteiger partial charge in [-0.3, -0.25) is 0 Å². The zero-order valence-corrected chi connectivity index (χ0v) is 17.5. The predicted molar refractivity (Wildman–Crippen MR) is 111 cm³/mol. The molecule has 0 radical (unpaired) electrons. The number of carbonyl (C=O) groups is 1. The number of rotatable bonds is 16. The fourth-order valence-electron chi connectivity index (χ4n) is 3.17. The zero-order valence-electron chi connectivity index (χ0n) is 17.5. The van der Waals surface area contributed by atoms with Crippen molar-refractivity contribution < 1.29 is 24.5 Å². The normalized spacial score (nSPS) is 14.4. The fraction of sp³-hybridized carbons (Fsp3) is 0.696. The van der Waals surface area contributed by atoms with Gasteiger partial charge in [0.05, 0.1) is 25.4 Å². The largest absolute Gasteiger partial charge is 0.464 e. The molecule has 0 heterocycles. The van der Waals surface area contributed by atoms with E-state index in [0.29, 0.717) is 6.61 Å². The smallest absolute Gasteiger partial charge is 0.337 e. The molecule has 0 amide bonds. The van der Waals surface area contributed by atoms with E-state index in [2.05, 4.69) is 6.92 Å². The van der Waals surface area contributed by atoms with E-state index < -0.39 is 18.2 Å². The maximum Gasteiger partial charge on any atom is 0.337 e. The molecule has 0 bridgehead atoms. The minimum absolute atomic E-state index is 0.175. The van der Waals surface area contributed by atoms with E-state index in [9.17, 15) is 15.0 Å². The molecule has 0 aliphatic heterocycles. The topological polar surface area (TPSA) is 76.0 Å². The quantitative estimate of drug-likeness (QED) is 0.321. The molecule has 28 heavy (non-hydrogen) atoms. The number of benzene rings is 1. The summed E-state index contributed by atoms with van der Waals surface area (Å²) in [5, 5.41) is 20.2. The molecule has 1 rings (SSSR count). The van der Waals surface area contributed by atoms with Gasteiger partial charge in [-0.15, -0.1) is 0 Å². The zero-order chi connectivity index (χ0) is 20.6. The Labute approximate surface area is 170 Å². The second kappa shape index (κ2) is 15.5. The highest BCUT2D eigenvalue weighted by molar-refractivity contribution is 5.75. The summed E-state index contributed by atoms with van der Waals surface area (Å²) in [4.78, 5) is 11.7. The first kappa shape index (κ1) is 24.6. The average molecular weight is 395 g/mol. The lowest BCUT2D eigenvalue weighted by Crippen LogP contribution is -2.38. The second-order valence-electron chi connectivity index (χ2n) is 7.33. The Morgan fingerprint density at radius 2 is 1.61 bits per heavy atom. The third-order valence-electron chi connectivity index (χ3n) is 4.86. The molecule has 0 aliphatic carbocycles. The molecule has 0 saturated heterocycles. The van der Waals surface area contributed by atoms with Crippen molar-refractivity contribution in [3.05, 3.63) is 35.9 Å². The number of esters is 1. The summed E-state index contributed by atoms with van der Waals surface area (Å²) in [7, 11) is 0. The van der Waals surface area contributed by atoms with Gasteiger partial charge in [0.1, 0.15) is 0 Å². The molecule has 5 nitrogen and oxygen atoms in total. The summed E-state index contributed by atoms with van der Waals surface area (Å²) >= 11 is 0. The molecular weight excluding hydrogens is 356 g/mol. The summed E-state index contributed by atoms with van der Waals surface area (Å²) in [6.07, 6.45) is 6.50. The van der Waals surface area contributed by atoms with Crippen molar-refractivity contribution in [3.63, 3.8) is 0 Å². The third kappa shape index (κ3) is 10.8. The summed E-state index contributed by atoms with van der Waals surface area (Å²) in [5.41, 5.74) is 1.06. The van der Waals surface area contributed by atoms with Crippen molar-refractivity contribution in [2.24, 2.45) is 0 Å². The van der Waals surface area contributed by atoms with E-state index in [1.54, 1.807) is 6.92 Å². The van der Waals surface area contributed by atoms with E-state index in [4.69, 9.17) is 9.47 Å². The van der Waals surface area contributed by atoms with E-state index in [0.717, 1.165) is 24.8 Å². The first-order valence-corrected chi connectivity index (χ1v) is 10.8. The van der Waals surface area contributed by atoms with Gasteiger partial charge >= 0.3 is 5.97 Å². The molecule has 2 N–H and O–H groups in total. The van der Waals surface area contributed by atoms with Crippen LogP contribution in [0.1, 0.15) is 77.2 Å². The summed E-state index contributed by atoms with van der Waals surface area (Å²) in [6, 6.07) is 9.87. The Morgan fingerprint density at radius 3 is 2.25 bits per heavy atom. The third-order valence-corrected chi connectivity index (χ3v) is 4.86. The van der Waals surface area contributed by atoms with E-state index >= 15 is 0 Å². The molecule has 0 unspecified atom stereocenters. The maximum absolute atomic E-state index is 11.7. The predicted octanol–water partition coefficient (Wildman–Crippen LogP) is 4.39. The van der Waals surface area contributed by atoms with Gasteiger partial charge in [0.25, 0.3) is 0 Å². The highest BCUT2D eigenvalue weighted by Gasteiger charge is 2.28. The minimum Gasteiger partial charge on any atom is -0.464 e. The molecule has 1 aromatic carbocycles. The van der Waals surface area contributed by atoms with Gasteiger partial charge in [-0.25, -0.2) is 4.79 Å². The Balaban J connectivity index is 2.48. The lowest BCUT2D eigenvalue weighted by atomic mass is 10.0. The van der Waals surface area contributed by atoms with Crippen LogP contribution >= 0.6 is 0 Å². The summed E-state index contributed by atoms with van der Waals surface area (Å²) in [5.74, 6) is -0.785. The number of carbonyl (C=O) groups excluding carboxylic acids is 1. The number of hydrogen-bond acceptors (Lipinski definition) is 5. The number of hydrogen-bond donors (Lipinski definition) is 2. The van der Waals surface area contributed by atoms with Gasteiger partial charge in [0.15, 0.2) is 6.10 Å². The van der Waals surface area contributed by atoms with Crippen molar-refractivity contribution in [2.45, 2.75) is 96.6 Å². The monoisotopic (exact) mass is 394 g/mol. The van der Waals surface area contributed by atoms with Crippen molar-refractivity contribution in [1.82, 2.24) is 0 Å². The van der Waals surface area contributed by atoms with Crippen molar-refractivity contribution in [2.75, 3.05) is 6.61 Å². The highest BCUT2D eigenvalue weighted by atomic mass is 16.5. The summed E-state index contributed by atoms with van der Waals surface area (Å²) in [6.45, 7) is 4.51. The van der Waals surface area contributed by atoms with Crippen LogP contribution in [-0.4, -0.2) is 41.1 Å². The van der Waals surface area contributed by atoms with Gasteiger partial charge in [-0.1, -0.05) is 82.2 Å². The Hall–Kier alpha value is -1.43. The molecule has 0 saturated carbocycles. The SMILES string of the molecule is CCCCCCCCC[C@@H](C[C@@H](O)[C@H](O)C(=O)OCC)OCc1ccccc1. The molecule has 0 spiro atoms. The molecule has 1 aromatic rings. The Kier molecular flexibility index (Phi) is 13.6. The molecule has 3 atom stereocenters. The van der Waals surface area contributed by atoms with Crippen LogP contribution in [0.4, 0.5) is 0 Å². The van der Waals surface area contributed by atoms with E-state index in [1.165, 1.54) is 32.1 Å². The van der Waals surface area contributed by atoms with Crippen LogP contribution in [0.2, 0.25) is 0 Å². The van der Waals surface area contributed by atoms with Crippen molar-refractivity contribution in [3.8, 4) is 0 Å². The minimum atomic E-state index is -1.53. The van der Waals surface area contributed by atoms with Gasteiger partial charge in [0, 0.05) is 6.42 Å². The van der Waals surface area contributed by atoms with Gasteiger partial charge < -0.3 is 19.7 Å². The number of unbranched alkanes of at least 4 members (excludes halogenated alkanes) is 6. The van der Waals surface area contributed by atoms with Crippen LogP contribution in [0.3, 0.4) is 0 Å². The first-order valence-electron chi connectivity index (χ1n) is 10.8. The van der Waals surface area contributed by atoms with Crippen molar-refractivity contribution in [1.29, 1.82) is 0 Å². The molecule has 0 aliphatic rings.